The summed E-state index contributed by atoms with van der Waals surface area (Å²) in [4.78, 5) is 25.0. The maximum absolute atomic E-state index is 11.9. The zero-order chi connectivity index (χ0) is 26.3. The second-order valence-electron chi connectivity index (χ2n) is 8.02. The number of benzene rings is 1. The highest BCUT2D eigenvalue weighted by molar-refractivity contribution is 6.30. The van der Waals surface area contributed by atoms with E-state index in [-0.39, 0.29) is 0 Å². The number of halogens is 4. The van der Waals surface area contributed by atoms with E-state index in [4.69, 9.17) is 21.5 Å². The molecule has 0 atom stereocenters. The van der Waals surface area contributed by atoms with Crippen molar-refractivity contribution in [3.8, 4) is 11.3 Å². The molecule has 36 heavy (non-hydrogen) atoms. The SMILES string of the molecule is O=C(O)C(F)(F)F.O=C(O)c1c2c(nn1CCCNCCc1cccc(Cl)c1)-c1ccncc1CC2. The van der Waals surface area contributed by atoms with Gasteiger partial charge in [0.15, 0.2) is 0 Å². The van der Waals surface area contributed by atoms with Crippen LogP contribution < -0.4 is 5.32 Å². The molecule has 1 aromatic carbocycles. The molecule has 2 aromatic heterocycles. The molecule has 2 heterocycles. The number of aliphatic carboxylic acids is 1. The van der Waals surface area contributed by atoms with Crippen LogP contribution in [-0.4, -0.2) is 56.2 Å². The molecule has 1 aliphatic carbocycles. The smallest absolute Gasteiger partial charge is 0.477 e. The Bertz CT molecular complexity index is 1230. The molecule has 0 amide bonds. The van der Waals surface area contributed by atoms with Crippen molar-refractivity contribution in [2.75, 3.05) is 13.1 Å². The number of rotatable bonds is 8. The van der Waals surface area contributed by atoms with Gasteiger partial charge in [0.25, 0.3) is 0 Å². The average molecular weight is 525 g/mol. The summed E-state index contributed by atoms with van der Waals surface area (Å²) in [7, 11) is 0. The number of alkyl halides is 3. The van der Waals surface area contributed by atoms with Crippen molar-refractivity contribution in [3.05, 3.63) is 70.1 Å². The molecule has 0 saturated carbocycles. The Balaban J connectivity index is 0.000000454. The van der Waals surface area contributed by atoms with E-state index in [1.54, 1.807) is 10.9 Å². The number of pyridine rings is 1. The lowest BCUT2D eigenvalue weighted by molar-refractivity contribution is -0.192. The zero-order valence-electron chi connectivity index (χ0n) is 19.1. The number of carboxylic acids is 2. The second-order valence-corrected chi connectivity index (χ2v) is 8.46. The van der Waals surface area contributed by atoms with E-state index in [0.29, 0.717) is 18.7 Å². The third-order valence-corrected chi connectivity index (χ3v) is 5.74. The molecule has 0 spiro atoms. The Morgan fingerprint density at radius 1 is 1.14 bits per heavy atom. The summed E-state index contributed by atoms with van der Waals surface area (Å²) in [5, 5.41) is 25.7. The van der Waals surface area contributed by atoms with Crippen molar-refractivity contribution in [3.63, 3.8) is 0 Å². The van der Waals surface area contributed by atoms with Crippen LogP contribution >= 0.6 is 11.6 Å². The maximum Gasteiger partial charge on any atom is 0.490 e. The fourth-order valence-corrected chi connectivity index (χ4v) is 4.09. The van der Waals surface area contributed by atoms with Crippen LogP contribution in [0.5, 0.6) is 0 Å². The van der Waals surface area contributed by atoms with Crippen LogP contribution in [0.1, 0.15) is 33.6 Å². The summed E-state index contributed by atoms with van der Waals surface area (Å²) < 4.78 is 33.4. The van der Waals surface area contributed by atoms with Gasteiger partial charge in [0.05, 0.1) is 5.69 Å². The van der Waals surface area contributed by atoms with Gasteiger partial charge >= 0.3 is 18.1 Å². The van der Waals surface area contributed by atoms with Crippen LogP contribution in [0.4, 0.5) is 13.2 Å². The first-order valence-corrected chi connectivity index (χ1v) is 11.5. The molecule has 4 rings (SSSR count). The Morgan fingerprint density at radius 2 is 1.89 bits per heavy atom. The van der Waals surface area contributed by atoms with Crippen LogP contribution in [0.2, 0.25) is 5.02 Å². The van der Waals surface area contributed by atoms with E-state index in [1.165, 1.54) is 5.56 Å². The predicted octanol–water partition coefficient (Wildman–Crippen LogP) is 4.25. The monoisotopic (exact) mass is 524 g/mol. The molecule has 12 heteroatoms. The first-order chi connectivity index (χ1) is 17.1. The summed E-state index contributed by atoms with van der Waals surface area (Å²) in [6.07, 6.45) is 1.70. The van der Waals surface area contributed by atoms with E-state index in [1.807, 2.05) is 30.5 Å². The van der Waals surface area contributed by atoms with E-state index < -0.39 is 18.1 Å². The van der Waals surface area contributed by atoms with Crippen LogP contribution in [0.15, 0.2) is 42.7 Å². The van der Waals surface area contributed by atoms with Crippen LogP contribution in [-0.2, 0) is 30.6 Å². The fourth-order valence-electron chi connectivity index (χ4n) is 3.87. The molecular formula is C24H24ClF3N4O4. The van der Waals surface area contributed by atoms with Gasteiger partial charge in [-0.25, -0.2) is 9.59 Å². The van der Waals surface area contributed by atoms with Gasteiger partial charge < -0.3 is 15.5 Å². The summed E-state index contributed by atoms with van der Waals surface area (Å²) in [6, 6.07) is 9.79. The van der Waals surface area contributed by atoms with Gasteiger partial charge in [-0.15, -0.1) is 0 Å². The molecule has 0 radical (unpaired) electrons. The van der Waals surface area contributed by atoms with E-state index in [0.717, 1.165) is 59.8 Å². The molecule has 0 fully saturated rings. The van der Waals surface area contributed by atoms with Crippen molar-refractivity contribution in [1.29, 1.82) is 0 Å². The van der Waals surface area contributed by atoms with E-state index in [9.17, 15) is 23.1 Å². The Hall–Kier alpha value is -3.44. The van der Waals surface area contributed by atoms with Gasteiger partial charge in [0.1, 0.15) is 5.69 Å². The van der Waals surface area contributed by atoms with Gasteiger partial charge in [-0.3, -0.25) is 9.67 Å². The summed E-state index contributed by atoms with van der Waals surface area (Å²) in [5.41, 5.74) is 5.28. The molecule has 0 unspecified atom stereocenters. The fraction of sp³-hybridized carbons (Fsp3) is 0.333. The van der Waals surface area contributed by atoms with Gasteiger partial charge in [0.2, 0.25) is 0 Å². The van der Waals surface area contributed by atoms with Crippen molar-refractivity contribution >= 4 is 23.5 Å². The molecule has 3 N–H and O–H groups in total. The first kappa shape index (κ1) is 27.2. The lowest BCUT2D eigenvalue weighted by Gasteiger charge is -2.14. The average Bonchev–Trinajstić information content (AvgIpc) is 3.20. The summed E-state index contributed by atoms with van der Waals surface area (Å²) in [5.74, 6) is -3.67. The Morgan fingerprint density at radius 3 is 2.56 bits per heavy atom. The van der Waals surface area contributed by atoms with Crippen molar-refractivity contribution in [2.24, 2.45) is 0 Å². The molecule has 192 valence electrons. The largest absolute Gasteiger partial charge is 0.490 e. The van der Waals surface area contributed by atoms with E-state index >= 15 is 0 Å². The number of aryl methyl sites for hydroxylation is 2. The Kier molecular flexibility index (Phi) is 9.05. The standard InChI is InChI=1S/C22H23ClN4O2.C2HF3O2/c23-17-4-1-3-15(13-17)7-10-24-9-2-12-27-21(22(28)29)19-6-5-16-14-25-11-8-18(16)20(19)26-27;3-2(4,5)1(6)7/h1,3-4,8,11,13-14,24H,2,5-7,9-10,12H2,(H,28,29);(H,6,7). The quantitative estimate of drug-likeness (QED) is 0.377. The number of hydrogen-bond donors (Lipinski definition) is 3. The zero-order valence-corrected chi connectivity index (χ0v) is 19.8. The lowest BCUT2D eigenvalue weighted by atomic mass is 9.90. The number of carbonyl (C=O) groups is 2. The van der Waals surface area contributed by atoms with Crippen molar-refractivity contribution < 1.29 is 33.0 Å². The highest BCUT2D eigenvalue weighted by Crippen LogP contribution is 2.34. The van der Waals surface area contributed by atoms with E-state index in [2.05, 4.69) is 21.5 Å². The highest BCUT2D eigenvalue weighted by Gasteiger charge is 2.38. The molecule has 8 nitrogen and oxygen atoms in total. The normalized spacial score (nSPS) is 12.2. The number of nitrogens with zero attached hydrogens (tertiary/aromatic N) is 3. The molecule has 1 aliphatic rings. The number of fused-ring (bicyclic) bond motifs is 3. The molecular weight excluding hydrogens is 501 g/mol. The number of aromatic nitrogens is 3. The van der Waals surface area contributed by atoms with Crippen LogP contribution in [0.3, 0.4) is 0 Å². The highest BCUT2D eigenvalue weighted by atomic mass is 35.5. The number of carboxylic acid groups (broad SMARTS) is 2. The van der Waals surface area contributed by atoms with Gasteiger partial charge in [-0.05, 0) is 68.1 Å². The molecule has 0 aliphatic heterocycles. The minimum atomic E-state index is -5.08. The maximum atomic E-state index is 11.9. The van der Waals surface area contributed by atoms with Crippen LogP contribution in [0.25, 0.3) is 11.3 Å². The molecule has 3 aromatic rings. The lowest BCUT2D eigenvalue weighted by Crippen LogP contribution is -2.21. The van der Waals surface area contributed by atoms with Gasteiger partial charge in [-0.1, -0.05) is 23.7 Å². The predicted molar refractivity (Wildman–Crippen MR) is 126 cm³/mol. The van der Waals surface area contributed by atoms with Crippen molar-refractivity contribution in [1.82, 2.24) is 20.1 Å². The topological polar surface area (TPSA) is 117 Å². The Labute approximate surface area is 209 Å². The number of aromatic carboxylic acids is 1. The third kappa shape index (κ3) is 7.05. The molecule has 0 bridgehead atoms. The number of nitrogens with one attached hydrogen (secondary N) is 1. The van der Waals surface area contributed by atoms with Crippen LogP contribution in [0, 0.1) is 0 Å². The van der Waals surface area contributed by atoms with Gasteiger partial charge in [0, 0.05) is 35.1 Å². The third-order valence-electron chi connectivity index (χ3n) is 5.50. The number of hydrogen-bond acceptors (Lipinski definition) is 5. The summed E-state index contributed by atoms with van der Waals surface area (Å²) in [6.45, 7) is 2.21. The second kappa shape index (κ2) is 12.0. The first-order valence-electron chi connectivity index (χ1n) is 11.1. The van der Waals surface area contributed by atoms with Crippen molar-refractivity contribution in [2.45, 2.75) is 38.4 Å². The summed E-state index contributed by atoms with van der Waals surface area (Å²) >= 11 is 6.01. The van der Waals surface area contributed by atoms with Gasteiger partial charge in [-0.2, -0.15) is 18.3 Å². The minimum absolute atomic E-state index is 0.321. The molecule has 0 saturated heterocycles. The minimum Gasteiger partial charge on any atom is -0.477 e.